The van der Waals surface area contributed by atoms with Gasteiger partial charge in [0.05, 0.1) is 19.8 Å². The van der Waals surface area contributed by atoms with Crippen LogP contribution in [0.4, 0.5) is 0 Å². The number of benzene rings is 3. The van der Waals surface area contributed by atoms with Gasteiger partial charge in [-0.1, -0.05) is 54.1 Å². The number of aliphatic hydroxyl groups is 1. The molecule has 0 saturated carbocycles. The van der Waals surface area contributed by atoms with E-state index in [9.17, 15) is 9.90 Å². The predicted molar refractivity (Wildman–Crippen MR) is 157 cm³/mol. The highest BCUT2D eigenvalue weighted by Crippen LogP contribution is 2.43. The number of methoxy groups -OCH3 is 2. The molecule has 3 aromatic carbocycles. The molecule has 1 saturated heterocycles. The van der Waals surface area contributed by atoms with Crippen molar-refractivity contribution in [2.24, 2.45) is 5.73 Å². The van der Waals surface area contributed by atoms with Gasteiger partial charge in [0, 0.05) is 50.1 Å². The molecule has 3 aromatic rings. The summed E-state index contributed by atoms with van der Waals surface area (Å²) in [5.74, 6) is -0.0998. The summed E-state index contributed by atoms with van der Waals surface area (Å²) in [5, 5.41) is 13.1. The van der Waals surface area contributed by atoms with Gasteiger partial charge in [0.2, 0.25) is 0 Å². The van der Waals surface area contributed by atoms with Crippen molar-refractivity contribution in [1.29, 1.82) is 0 Å². The molecule has 8 heteroatoms. The van der Waals surface area contributed by atoms with Crippen LogP contribution in [0.2, 0.25) is 5.02 Å². The second-order valence-corrected chi connectivity index (χ2v) is 10.6. The molecule has 1 unspecified atom stereocenters. The maximum Gasteiger partial charge on any atom is 0.254 e. The molecule has 1 amide bonds. The van der Waals surface area contributed by atoms with Gasteiger partial charge < -0.3 is 30.0 Å². The maximum atomic E-state index is 13.5. The number of ether oxygens (including phenoxy) is 3. The van der Waals surface area contributed by atoms with Gasteiger partial charge >= 0.3 is 0 Å². The summed E-state index contributed by atoms with van der Waals surface area (Å²) < 4.78 is 16.9. The number of rotatable bonds is 12. The first-order valence-electron chi connectivity index (χ1n) is 13.7. The van der Waals surface area contributed by atoms with E-state index < -0.39 is 11.7 Å². The SMILES string of the molecule is COCCCC[C@@](O)(c1cccc(Cl)c1-c1cccc(COC)c1)C1CN(C(=O)c2ccc(CN)cc2)CCO1. The number of carbonyl (C=O) groups is 1. The fourth-order valence-corrected chi connectivity index (χ4v) is 5.64. The number of unbranched alkanes of at least 4 members (excludes halogenated alkanes) is 1. The molecule has 3 N–H and O–H groups in total. The van der Waals surface area contributed by atoms with Crippen LogP contribution < -0.4 is 5.73 Å². The van der Waals surface area contributed by atoms with Crippen molar-refractivity contribution in [3.63, 3.8) is 0 Å². The first kappa shape index (κ1) is 30.2. The monoisotopic (exact) mass is 566 g/mol. The van der Waals surface area contributed by atoms with Gasteiger partial charge in [-0.2, -0.15) is 0 Å². The lowest BCUT2D eigenvalue weighted by molar-refractivity contribution is -0.146. The Morgan fingerprint density at radius 1 is 1.07 bits per heavy atom. The number of hydrogen-bond donors (Lipinski definition) is 2. The van der Waals surface area contributed by atoms with Crippen LogP contribution in [-0.4, -0.2) is 62.5 Å². The average Bonchev–Trinajstić information content (AvgIpc) is 2.99. The molecule has 0 spiro atoms. The van der Waals surface area contributed by atoms with E-state index in [4.69, 9.17) is 31.5 Å². The van der Waals surface area contributed by atoms with Crippen LogP contribution in [0.25, 0.3) is 11.1 Å². The number of nitrogens with two attached hydrogens (primary N) is 1. The van der Waals surface area contributed by atoms with Crippen LogP contribution in [0, 0.1) is 0 Å². The maximum absolute atomic E-state index is 13.5. The van der Waals surface area contributed by atoms with Gasteiger partial charge in [0.1, 0.15) is 11.7 Å². The Morgan fingerprint density at radius 2 is 1.85 bits per heavy atom. The molecule has 0 aromatic heterocycles. The van der Waals surface area contributed by atoms with Crippen molar-refractivity contribution in [3.05, 3.63) is 94.0 Å². The number of amides is 1. The summed E-state index contributed by atoms with van der Waals surface area (Å²) in [6.45, 7) is 2.47. The zero-order valence-electron chi connectivity index (χ0n) is 23.3. The van der Waals surface area contributed by atoms with Crippen molar-refractivity contribution in [3.8, 4) is 11.1 Å². The molecule has 2 atom stereocenters. The molecule has 1 aliphatic heterocycles. The second kappa shape index (κ2) is 14.2. The van der Waals surface area contributed by atoms with E-state index in [-0.39, 0.29) is 12.5 Å². The minimum atomic E-state index is -1.41. The fraction of sp³-hybridized carbons (Fsp3) is 0.406. The Morgan fingerprint density at radius 3 is 2.58 bits per heavy atom. The number of nitrogens with zero attached hydrogens (tertiary/aromatic N) is 1. The molecule has 214 valence electrons. The molecule has 7 nitrogen and oxygen atoms in total. The Bertz CT molecular complexity index is 1270. The highest BCUT2D eigenvalue weighted by Gasteiger charge is 2.44. The predicted octanol–water partition coefficient (Wildman–Crippen LogP) is 5.16. The minimum absolute atomic E-state index is 0.0998. The summed E-state index contributed by atoms with van der Waals surface area (Å²) in [4.78, 5) is 15.2. The summed E-state index contributed by atoms with van der Waals surface area (Å²) in [5.41, 5.74) is 9.18. The Kier molecular flexibility index (Phi) is 10.7. The van der Waals surface area contributed by atoms with Gasteiger partial charge in [-0.25, -0.2) is 0 Å². The van der Waals surface area contributed by atoms with Gasteiger partial charge in [-0.3, -0.25) is 4.79 Å². The van der Waals surface area contributed by atoms with Crippen molar-refractivity contribution in [2.45, 2.75) is 44.1 Å². The Balaban J connectivity index is 1.71. The zero-order valence-corrected chi connectivity index (χ0v) is 24.0. The minimum Gasteiger partial charge on any atom is -0.385 e. The normalized spacial score (nSPS) is 17.0. The molecule has 4 rings (SSSR count). The van der Waals surface area contributed by atoms with Crippen LogP contribution in [0.5, 0.6) is 0 Å². The lowest BCUT2D eigenvalue weighted by atomic mass is 9.78. The van der Waals surface area contributed by atoms with Crippen molar-refractivity contribution < 1.29 is 24.1 Å². The van der Waals surface area contributed by atoms with Gasteiger partial charge in [0.15, 0.2) is 0 Å². The van der Waals surface area contributed by atoms with Gasteiger partial charge in [-0.05, 0) is 65.8 Å². The molecule has 0 aliphatic carbocycles. The highest BCUT2D eigenvalue weighted by molar-refractivity contribution is 6.33. The number of morpholine rings is 1. The average molecular weight is 567 g/mol. The third-order valence-electron chi connectivity index (χ3n) is 7.49. The first-order chi connectivity index (χ1) is 19.4. The molecular weight excluding hydrogens is 528 g/mol. The third-order valence-corrected chi connectivity index (χ3v) is 7.80. The molecular formula is C32H39ClN2O5. The summed E-state index contributed by atoms with van der Waals surface area (Å²) in [6.07, 6.45) is 1.24. The number of hydrogen-bond acceptors (Lipinski definition) is 6. The van der Waals surface area contributed by atoms with Crippen LogP contribution >= 0.6 is 11.6 Å². The van der Waals surface area contributed by atoms with E-state index in [0.717, 1.165) is 28.7 Å². The number of halogens is 1. The van der Waals surface area contributed by atoms with Crippen molar-refractivity contribution in [2.75, 3.05) is 40.5 Å². The van der Waals surface area contributed by atoms with Crippen LogP contribution in [0.15, 0.2) is 66.7 Å². The smallest absolute Gasteiger partial charge is 0.254 e. The van der Waals surface area contributed by atoms with E-state index in [2.05, 4.69) is 0 Å². The third kappa shape index (κ3) is 6.92. The van der Waals surface area contributed by atoms with E-state index in [1.165, 1.54) is 0 Å². The summed E-state index contributed by atoms with van der Waals surface area (Å²) >= 11 is 6.83. The van der Waals surface area contributed by atoms with Gasteiger partial charge in [-0.15, -0.1) is 0 Å². The van der Waals surface area contributed by atoms with Crippen LogP contribution in [-0.2, 0) is 33.0 Å². The molecule has 0 bridgehead atoms. The molecule has 1 heterocycles. The van der Waals surface area contributed by atoms with E-state index in [1.807, 2.05) is 54.6 Å². The molecule has 1 fully saturated rings. The van der Waals surface area contributed by atoms with E-state index >= 15 is 0 Å². The zero-order chi connectivity index (χ0) is 28.5. The topological polar surface area (TPSA) is 94.2 Å². The fourth-order valence-electron chi connectivity index (χ4n) is 5.36. The van der Waals surface area contributed by atoms with Crippen molar-refractivity contribution >= 4 is 17.5 Å². The Labute approximate surface area is 241 Å². The quantitative estimate of drug-likeness (QED) is 0.294. The second-order valence-electron chi connectivity index (χ2n) is 10.2. The molecule has 0 radical (unpaired) electrons. The van der Waals surface area contributed by atoms with E-state index in [0.29, 0.717) is 61.9 Å². The lowest BCUT2D eigenvalue weighted by Gasteiger charge is -2.43. The largest absolute Gasteiger partial charge is 0.385 e. The highest BCUT2D eigenvalue weighted by atomic mass is 35.5. The summed E-state index contributed by atoms with van der Waals surface area (Å²) in [7, 11) is 3.33. The van der Waals surface area contributed by atoms with E-state index in [1.54, 1.807) is 31.3 Å². The Hall–Kier alpha value is -2.78. The standard InChI is InChI=1S/C32H39ClN2O5/c1-38-17-4-3-15-32(37,27-9-6-10-28(33)30(27)26-8-5-7-24(19-26)22-39-2)29-21-35(16-18-40-29)31(36)25-13-11-23(20-34)12-14-25/h5-14,19,29,37H,3-4,15-18,20-22,34H2,1-2H3/t29?,32-/m1/s1. The number of carbonyl (C=O) groups excluding carboxylic acids is 1. The molecule has 40 heavy (non-hydrogen) atoms. The molecule has 1 aliphatic rings. The van der Waals surface area contributed by atoms with Crippen molar-refractivity contribution in [1.82, 2.24) is 4.90 Å². The van der Waals surface area contributed by atoms with Crippen LogP contribution in [0.3, 0.4) is 0 Å². The summed E-state index contributed by atoms with van der Waals surface area (Å²) in [6, 6.07) is 20.9. The lowest BCUT2D eigenvalue weighted by Crippen LogP contribution is -2.54. The van der Waals surface area contributed by atoms with Crippen LogP contribution in [0.1, 0.15) is 46.3 Å². The van der Waals surface area contributed by atoms with Gasteiger partial charge in [0.25, 0.3) is 5.91 Å². The first-order valence-corrected chi connectivity index (χ1v) is 14.1.